The van der Waals surface area contributed by atoms with E-state index in [2.05, 4.69) is 0 Å². The molecule has 0 fully saturated rings. The van der Waals surface area contributed by atoms with E-state index in [1.54, 1.807) is 25.5 Å². The van der Waals surface area contributed by atoms with E-state index in [1.807, 2.05) is 0 Å². The third-order valence-electron chi connectivity index (χ3n) is 1.54. The first-order valence-corrected chi connectivity index (χ1v) is 6.70. The molecule has 0 bridgehead atoms. The third-order valence-corrected chi connectivity index (χ3v) is 2.10. The molecule has 1 N–H and O–H groups in total. The highest BCUT2D eigenvalue weighted by molar-refractivity contribution is 7.89. The fourth-order valence-corrected chi connectivity index (χ4v) is 1.50. The van der Waals surface area contributed by atoms with Crippen LogP contribution in [-0.4, -0.2) is 32.0 Å². The highest BCUT2D eigenvalue weighted by atomic mass is 32.2. The van der Waals surface area contributed by atoms with Crippen molar-refractivity contribution in [2.75, 3.05) is 6.26 Å². The number of carbonyl (C=O) groups is 1. The van der Waals surface area contributed by atoms with Crippen LogP contribution in [0.2, 0.25) is 0 Å². The zero-order valence-electron chi connectivity index (χ0n) is 10.1. The number of hydrogen-bond donors (Lipinski definition) is 1. The van der Waals surface area contributed by atoms with Gasteiger partial charge in [-0.25, -0.2) is 17.5 Å². The molecule has 1 amide bonds. The number of halogens is 1. The van der Waals surface area contributed by atoms with Gasteiger partial charge in [-0.3, -0.25) is 4.79 Å². The van der Waals surface area contributed by atoms with E-state index in [1.165, 1.54) is 6.92 Å². The molecule has 5 nitrogen and oxygen atoms in total. The molecule has 0 rings (SSSR count). The maximum atomic E-state index is 14.0. The van der Waals surface area contributed by atoms with Crippen LogP contribution >= 0.6 is 0 Å². The van der Waals surface area contributed by atoms with Crippen molar-refractivity contribution in [1.29, 1.82) is 0 Å². The van der Waals surface area contributed by atoms with Crippen LogP contribution in [-0.2, 0) is 19.6 Å². The molecule has 0 aliphatic heterocycles. The Bertz CT molecular complexity index is 360. The van der Waals surface area contributed by atoms with Crippen molar-refractivity contribution in [1.82, 2.24) is 4.72 Å². The Morgan fingerprint density at radius 3 is 2.06 bits per heavy atom. The average Bonchev–Trinajstić information content (AvgIpc) is 1.97. The van der Waals surface area contributed by atoms with Gasteiger partial charge in [-0.1, -0.05) is 6.92 Å². The predicted octanol–water partition coefficient (Wildman–Crippen LogP) is 0.953. The molecule has 0 aromatic rings. The Balaban J connectivity index is 4.90. The van der Waals surface area contributed by atoms with E-state index in [0.717, 1.165) is 6.26 Å². The molecule has 0 heterocycles. The molecule has 16 heavy (non-hydrogen) atoms. The van der Waals surface area contributed by atoms with Gasteiger partial charge >= 0.3 is 0 Å². The van der Waals surface area contributed by atoms with Gasteiger partial charge in [0.25, 0.3) is 11.8 Å². The maximum Gasteiger partial charge on any atom is 0.298 e. The fraction of sp³-hybridized carbons (Fsp3) is 0.889. The number of ether oxygens (including phenoxy) is 1. The molecule has 0 aliphatic carbocycles. The maximum absolute atomic E-state index is 14.0. The smallest absolute Gasteiger partial charge is 0.298 e. The van der Waals surface area contributed by atoms with Crippen molar-refractivity contribution in [2.45, 2.75) is 45.6 Å². The van der Waals surface area contributed by atoms with Crippen molar-refractivity contribution >= 4 is 15.9 Å². The van der Waals surface area contributed by atoms with Crippen LogP contribution in [0.3, 0.4) is 0 Å². The summed E-state index contributed by atoms with van der Waals surface area (Å²) in [5.41, 5.74) is -0.889. The van der Waals surface area contributed by atoms with Crippen LogP contribution in [0.25, 0.3) is 0 Å². The van der Waals surface area contributed by atoms with Crippen molar-refractivity contribution in [3.8, 4) is 0 Å². The van der Waals surface area contributed by atoms with Gasteiger partial charge in [0.1, 0.15) is 0 Å². The largest absolute Gasteiger partial charge is 0.333 e. The van der Waals surface area contributed by atoms with Crippen molar-refractivity contribution in [3.63, 3.8) is 0 Å². The van der Waals surface area contributed by atoms with Crippen LogP contribution < -0.4 is 4.72 Å². The first kappa shape index (κ1) is 15.3. The van der Waals surface area contributed by atoms with Crippen LogP contribution in [0, 0.1) is 0 Å². The van der Waals surface area contributed by atoms with Gasteiger partial charge in [-0.2, -0.15) is 0 Å². The zero-order valence-corrected chi connectivity index (χ0v) is 10.9. The van der Waals surface area contributed by atoms with Crippen molar-refractivity contribution in [2.24, 2.45) is 0 Å². The van der Waals surface area contributed by atoms with Gasteiger partial charge in [0.2, 0.25) is 10.0 Å². The molecule has 0 radical (unpaired) electrons. The number of hydrogen-bond acceptors (Lipinski definition) is 4. The standard InChI is InChI=1S/C9H18FNO4S/c1-6-9(10,15-8(2,3)4)7(12)11-16(5,13)14/h6H2,1-5H3,(H,11,12). The summed E-state index contributed by atoms with van der Waals surface area (Å²) < 4.78 is 42.2. The molecule has 0 aliphatic rings. The average molecular weight is 255 g/mol. The monoisotopic (exact) mass is 255 g/mol. The van der Waals surface area contributed by atoms with Gasteiger partial charge in [0, 0.05) is 6.42 Å². The molecule has 0 aromatic heterocycles. The molecule has 1 unspecified atom stereocenters. The highest BCUT2D eigenvalue weighted by Crippen LogP contribution is 2.25. The van der Waals surface area contributed by atoms with Crippen LogP contribution in [0.15, 0.2) is 0 Å². The first-order chi connectivity index (χ1) is 6.90. The number of alkyl halides is 1. The third kappa shape index (κ3) is 5.41. The molecule has 7 heteroatoms. The summed E-state index contributed by atoms with van der Waals surface area (Å²) in [7, 11) is -3.79. The van der Waals surface area contributed by atoms with E-state index in [9.17, 15) is 17.6 Å². The minimum Gasteiger partial charge on any atom is -0.333 e. The molecular weight excluding hydrogens is 237 g/mol. The molecule has 96 valence electrons. The van der Waals surface area contributed by atoms with Gasteiger partial charge in [0.05, 0.1) is 11.9 Å². The topological polar surface area (TPSA) is 72.5 Å². The van der Waals surface area contributed by atoms with Crippen LogP contribution in [0.5, 0.6) is 0 Å². The molecule has 0 saturated carbocycles. The van der Waals surface area contributed by atoms with Gasteiger partial charge in [-0.05, 0) is 20.8 Å². The molecule has 0 saturated heterocycles. The lowest BCUT2D eigenvalue weighted by Gasteiger charge is -2.30. The summed E-state index contributed by atoms with van der Waals surface area (Å²) in [6, 6.07) is 0. The quantitative estimate of drug-likeness (QED) is 0.812. The normalized spacial score (nSPS) is 16.6. The fourth-order valence-electron chi connectivity index (χ4n) is 1.01. The number of amides is 1. The van der Waals surface area contributed by atoms with E-state index >= 15 is 0 Å². The minimum atomic E-state index is -3.79. The van der Waals surface area contributed by atoms with E-state index in [4.69, 9.17) is 4.74 Å². The van der Waals surface area contributed by atoms with Gasteiger partial charge in [0.15, 0.2) is 0 Å². The number of sulfonamides is 1. The Kier molecular flexibility index (Phi) is 4.46. The Morgan fingerprint density at radius 2 is 1.81 bits per heavy atom. The van der Waals surface area contributed by atoms with Crippen molar-refractivity contribution in [3.05, 3.63) is 0 Å². The molecule has 0 spiro atoms. The van der Waals surface area contributed by atoms with Crippen molar-refractivity contribution < 1.29 is 22.3 Å². The van der Waals surface area contributed by atoms with E-state index < -0.39 is 27.4 Å². The molecule has 0 aromatic carbocycles. The van der Waals surface area contributed by atoms with Gasteiger partial charge < -0.3 is 4.74 Å². The summed E-state index contributed by atoms with van der Waals surface area (Å²) in [5, 5.41) is 0. The number of carbonyl (C=O) groups excluding carboxylic acids is 1. The number of nitrogens with one attached hydrogen (secondary N) is 1. The second-order valence-corrected chi connectivity index (χ2v) is 6.25. The first-order valence-electron chi connectivity index (χ1n) is 4.81. The molecule has 1 atom stereocenters. The Labute approximate surface area is 95.4 Å². The Morgan fingerprint density at radius 1 is 1.38 bits per heavy atom. The second-order valence-electron chi connectivity index (χ2n) is 4.50. The Hall–Kier alpha value is -0.690. The molecular formula is C9H18FNO4S. The predicted molar refractivity (Wildman–Crippen MR) is 58.0 cm³/mol. The lowest BCUT2D eigenvalue weighted by atomic mass is 10.1. The summed E-state index contributed by atoms with van der Waals surface area (Å²) in [6.07, 6.45) is 0.504. The lowest BCUT2D eigenvalue weighted by Crippen LogP contribution is -2.50. The summed E-state index contributed by atoms with van der Waals surface area (Å²) in [4.78, 5) is 11.4. The van der Waals surface area contributed by atoms with E-state index in [0.29, 0.717) is 0 Å². The highest BCUT2D eigenvalue weighted by Gasteiger charge is 2.42. The second kappa shape index (κ2) is 4.67. The number of rotatable bonds is 4. The summed E-state index contributed by atoms with van der Waals surface area (Å²) >= 11 is 0. The van der Waals surface area contributed by atoms with Crippen LogP contribution in [0.4, 0.5) is 4.39 Å². The zero-order chi connectivity index (χ0) is 13.2. The van der Waals surface area contributed by atoms with Gasteiger partial charge in [-0.15, -0.1) is 0 Å². The summed E-state index contributed by atoms with van der Waals surface area (Å²) in [6.45, 7) is 6.12. The van der Waals surface area contributed by atoms with E-state index in [-0.39, 0.29) is 6.42 Å². The lowest BCUT2D eigenvalue weighted by molar-refractivity contribution is -0.209. The SMILES string of the molecule is CCC(F)(OC(C)(C)C)C(=O)NS(C)(=O)=O. The summed E-state index contributed by atoms with van der Waals surface area (Å²) in [5.74, 6) is -3.94. The minimum absolute atomic E-state index is 0.272. The van der Waals surface area contributed by atoms with Crippen LogP contribution in [0.1, 0.15) is 34.1 Å².